The van der Waals surface area contributed by atoms with Crippen LogP contribution in [0.5, 0.6) is 0 Å². The van der Waals surface area contributed by atoms with Gasteiger partial charge in [0.15, 0.2) is 0 Å². The zero-order valence-corrected chi connectivity index (χ0v) is 12.7. The van der Waals surface area contributed by atoms with Crippen molar-refractivity contribution in [3.63, 3.8) is 0 Å². The molecule has 0 spiro atoms. The molecule has 0 aliphatic carbocycles. The molecule has 1 aromatic heterocycles. The summed E-state index contributed by atoms with van der Waals surface area (Å²) in [4.78, 5) is 4.30. The molecule has 1 aromatic carbocycles. The molecule has 2 aromatic rings. The van der Waals surface area contributed by atoms with E-state index in [0.717, 1.165) is 30.8 Å². The maximum Gasteiger partial charge on any atom is 0.0794 e. The lowest BCUT2D eigenvalue weighted by Crippen LogP contribution is -2.23. The van der Waals surface area contributed by atoms with Gasteiger partial charge in [0, 0.05) is 29.4 Å². The Morgan fingerprint density at radius 3 is 2.74 bits per heavy atom. The van der Waals surface area contributed by atoms with Gasteiger partial charge in [-0.05, 0) is 24.1 Å². The summed E-state index contributed by atoms with van der Waals surface area (Å²) in [7, 11) is 0. The van der Waals surface area contributed by atoms with Crippen molar-refractivity contribution in [2.24, 2.45) is 0 Å². The summed E-state index contributed by atoms with van der Waals surface area (Å²) in [6.07, 6.45) is 3.28. The second kappa shape index (κ2) is 7.63. The number of aromatic nitrogens is 1. The molecule has 0 aliphatic heterocycles. The van der Waals surface area contributed by atoms with Crippen molar-refractivity contribution in [1.82, 2.24) is 10.3 Å². The van der Waals surface area contributed by atoms with Gasteiger partial charge < -0.3 is 5.32 Å². The minimum absolute atomic E-state index is 0.404. The highest BCUT2D eigenvalue weighted by atomic mass is 35.5. The smallest absolute Gasteiger partial charge is 0.0794 e. The molecule has 1 unspecified atom stereocenters. The fourth-order valence-electron chi connectivity index (χ4n) is 2.11. The van der Waals surface area contributed by atoms with Gasteiger partial charge in [0.2, 0.25) is 0 Å². The highest BCUT2D eigenvalue weighted by Crippen LogP contribution is 2.20. The minimum atomic E-state index is 0.404. The van der Waals surface area contributed by atoms with E-state index in [1.54, 1.807) is 11.3 Å². The van der Waals surface area contributed by atoms with E-state index < -0.39 is 0 Å². The van der Waals surface area contributed by atoms with Gasteiger partial charge >= 0.3 is 0 Å². The second-order valence-electron chi connectivity index (χ2n) is 4.58. The maximum atomic E-state index is 5.94. The molecule has 0 amide bonds. The molecule has 0 fully saturated rings. The number of benzene rings is 1. The summed E-state index contributed by atoms with van der Waals surface area (Å²) in [5, 5.41) is 6.52. The van der Waals surface area contributed by atoms with Crippen molar-refractivity contribution >= 4 is 22.9 Å². The van der Waals surface area contributed by atoms with Crippen LogP contribution in [0.25, 0.3) is 0 Å². The number of nitrogens with one attached hydrogen (secondary N) is 1. The van der Waals surface area contributed by atoms with Gasteiger partial charge in [0.05, 0.1) is 11.2 Å². The standard InChI is InChI=1S/C15H19ClN2S/c1-2-3-15(12-4-6-13(16)7-5-12)17-9-8-14-10-19-11-18-14/h4-7,10-11,15,17H,2-3,8-9H2,1H3. The Bertz CT molecular complexity index is 467. The SMILES string of the molecule is CCCC(NCCc1cscn1)c1ccc(Cl)cc1. The molecule has 0 saturated carbocycles. The topological polar surface area (TPSA) is 24.9 Å². The number of hydrogen-bond donors (Lipinski definition) is 1. The van der Waals surface area contributed by atoms with Crippen LogP contribution in [0.2, 0.25) is 5.02 Å². The predicted molar refractivity (Wildman–Crippen MR) is 82.9 cm³/mol. The van der Waals surface area contributed by atoms with Gasteiger partial charge in [0.25, 0.3) is 0 Å². The highest BCUT2D eigenvalue weighted by Gasteiger charge is 2.09. The van der Waals surface area contributed by atoms with Crippen LogP contribution in [-0.2, 0) is 6.42 Å². The van der Waals surface area contributed by atoms with Crippen LogP contribution >= 0.6 is 22.9 Å². The molecule has 19 heavy (non-hydrogen) atoms. The molecule has 0 saturated heterocycles. The van der Waals surface area contributed by atoms with Gasteiger partial charge in [-0.2, -0.15) is 0 Å². The average Bonchev–Trinajstić information content (AvgIpc) is 2.92. The lowest BCUT2D eigenvalue weighted by molar-refractivity contribution is 0.496. The van der Waals surface area contributed by atoms with Crippen molar-refractivity contribution in [2.45, 2.75) is 32.2 Å². The lowest BCUT2D eigenvalue weighted by atomic mass is 10.0. The normalized spacial score (nSPS) is 12.5. The van der Waals surface area contributed by atoms with Crippen LogP contribution in [-0.4, -0.2) is 11.5 Å². The van der Waals surface area contributed by atoms with Crippen molar-refractivity contribution in [3.8, 4) is 0 Å². The first-order valence-electron chi connectivity index (χ1n) is 6.65. The molecular weight excluding hydrogens is 276 g/mol. The average molecular weight is 295 g/mol. The van der Waals surface area contributed by atoms with E-state index in [4.69, 9.17) is 11.6 Å². The van der Waals surface area contributed by atoms with Crippen molar-refractivity contribution in [3.05, 3.63) is 51.4 Å². The lowest BCUT2D eigenvalue weighted by Gasteiger charge is -2.18. The Morgan fingerprint density at radius 1 is 1.32 bits per heavy atom. The molecular formula is C15H19ClN2S. The van der Waals surface area contributed by atoms with Gasteiger partial charge in [-0.25, -0.2) is 4.98 Å². The summed E-state index contributed by atoms with van der Waals surface area (Å²) in [6.45, 7) is 3.17. The zero-order valence-electron chi connectivity index (χ0n) is 11.1. The third-order valence-electron chi connectivity index (χ3n) is 3.11. The van der Waals surface area contributed by atoms with Gasteiger partial charge in [0.1, 0.15) is 0 Å². The molecule has 1 atom stereocenters. The third kappa shape index (κ3) is 4.60. The molecule has 2 nitrogen and oxygen atoms in total. The second-order valence-corrected chi connectivity index (χ2v) is 5.73. The summed E-state index contributed by atoms with van der Waals surface area (Å²) in [5.74, 6) is 0. The molecule has 0 aliphatic rings. The van der Waals surface area contributed by atoms with Gasteiger partial charge in [-0.15, -0.1) is 11.3 Å². The van der Waals surface area contributed by atoms with E-state index in [0.29, 0.717) is 6.04 Å². The highest BCUT2D eigenvalue weighted by molar-refractivity contribution is 7.07. The summed E-state index contributed by atoms with van der Waals surface area (Å²) in [6, 6.07) is 8.54. The van der Waals surface area contributed by atoms with E-state index in [9.17, 15) is 0 Å². The number of rotatable bonds is 7. The number of hydrogen-bond acceptors (Lipinski definition) is 3. The first-order chi connectivity index (χ1) is 9.29. The Morgan fingerprint density at radius 2 is 2.11 bits per heavy atom. The molecule has 4 heteroatoms. The minimum Gasteiger partial charge on any atom is -0.310 e. The van der Waals surface area contributed by atoms with E-state index in [2.05, 4.69) is 34.7 Å². The van der Waals surface area contributed by atoms with Gasteiger partial charge in [-0.3, -0.25) is 0 Å². The molecule has 1 N–H and O–H groups in total. The summed E-state index contributed by atoms with van der Waals surface area (Å²) < 4.78 is 0. The van der Waals surface area contributed by atoms with E-state index in [1.807, 2.05) is 17.6 Å². The fourth-order valence-corrected chi connectivity index (χ4v) is 2.82. The van der Waals surface area contributed by atoms with E-state index >= 15 is 0 Å². The summed E-state index contributed by atoms with van der Waals surface area (Å²) in [5.41, 5.74) is 4.37. The monoisotopic (exact) mass is 294 g/mol. The molecule has 102 valence electrons. The van der Waals surface area contributed by atoms with Crippen molar-refractivity contribution < 1.29 is 0 Å². The third-order valence-corrected chi connectivity index (χ3v) is 3.99. The Hall–Kier alpha value is -0.900. The molecule has 0 bridgehead atoms. The van der Waals surface area contributed by atoms with Crippen LogP contribution in [0.1, 0.15) is 37.1 Å². The molecule has 0 radical (unpaired) electrons. The Labute approximate surface area is 123 Å². The first kappa shape index (κ1) is 14.5. The molecule has 2 rings (SSSR count). The zero-order chi connectivity index (χ0) is 13.5. The van der Waals surface area contributed by atoms with Crippen LogP contribution < -0.4 is 5.32 Å². The number of halogens is 1. The predicted octanol–water partition coefficient (Wildman–Crippen LogP) is 4.47. The Balaban J connectivity index is 1.90. The summed E-state index contributed by atoms with van der Waals surface area (Å²) >= 11 is 7.59. The number of nitrogens with zero attached hydrogens (tertiary/aromatic N) is 1. The fraction of sp³-hybridized carbons (Fsp3) is 0.400. The van der Waals surface area contributed by atoms with E-state index in [1.165, 1.54) is 11.3 Å². The Kier molecular flexibility index (Phi) is 5.83. The van der Waals surface area contributed by atoms with Crippen LogP contribution in [0.15, 0.2) is 35.2 Å². The first-order valence-corrected chi connectivity index (χ1v) is 7.97. The van der Waals surface area contributed by atoms with Gasteiger partial charge in [-0.1, -0.05) is 37.1 Å². The van der Waals surface area contributed by atoms with E-state index in [-0.39, 0.29) is 0 Å². The van der Waals surface area contributed by atoms with Crippen LogP contribution in [0.4, 0.5) is 0 Å². The van der Waals surface area contributed by atoms with Crippen molar-refractivity contribution in [1.29, 1.82) is 0 Å². The van der Waals surface area contributed by atoms with Crippen LogP contribution in [0.3, 0.4) is 0 Å². The molecule has 1 heterocycles. The van der Waals surface area contributed by atoms with Crippen LogP contribution in [0, 0.1) is 0 Å². The number of thiazole rings is 1. The van der Waals surface area contributed by atoms with Crippen molar-refractivity contribution in [2.75, 3.05) is 6.54 Å². The largest absolute Gasteiger partial charge is 0.310 e. The quantitative estimate of drug-likeness (QED) is 0.815. The maximum absolute atomic E-state index is 5.94.